The normalized spacial score (nSPS) is 12.8. The molecule has 5 heteroatoms. The smallest absolute Gasteiger partial charge is 0.163 e. The van der Waals surface area contributed by atoms with E-state index in [-0.39, 0.29) is 0 Å². The van der Waals surface area contributed by atoms with Gasteiger partial charge in [-0.1, -0.05) is 6.07 Å². The van der Waals surface area contributed by atoms with Gasteiger partial charge in [0.05, 0.1) is 18.0 Å². The number of anilines is 3. The Morgan fingerprint density at radius 1 is 1.14 bits per heavy atom. The minimum atomic E-state index is 0.551. The zero-order valence-electron chi connectivity index (χ0n) is 11.9. The van der Waals surface area contributed by atoms with E-state index in [4.69, 9.17) is 19.9 Å². The number of rotatable bonds is 4. The van der Waals surface area contributed by atoms with Crippen LogP contribution in [0.3, 0.4) is 0 Å². The van der Waals surface area contributed by atoms with Crippen molar-refractivity contribution >= 4 is 17.1 Å². The Kier molecular flexibility index (Phi) is 3.73. The highest BCUT2D eigenvalue weighted by Crippen LogP contribution is 2.38. The lowest BCUT2D eigenvalue weighted by Crippen LogP contribution is -2.15. The molecule has 2 aromatic carbocycles. The number of fused-ring (bicyclic) bond motifs is 1. The number of nitrogen functional groups attached to an aromatic ring is 1. The minimum Gasteiger partial charge on any atom is -0.494 e. The minimum absolute atomic E-state index is 0.551. The standard InChI is InChI=1S/C16H18N2O3/c1-2-19-12-5-3-4-11(8-12)18-14-10-16-15(9-13(14)17)20-6-7-21-16/h3-5,8-10,18H,2,6-7,17H2,1H3. The fourth-order valence-electron chi connectivity index (χ4n) is 2.20. The summed E-state index contributed by atoms with van der Waals surface area (Å²) in [5.41, 5.74) is 8.36. The Labute approximate surface area is 123 Å². The molecule has 3 rings (SSSR count). The summed E-state index contributed by atoms with van der Waals surface area (Å²) in [6, 6.07) is 11.4. The molecule has 0 fully saturated rings. The van der Waals surface area contributed by atoms with Crippen LogP contribution < -0.4 is 25.3 Å². The molecule has 0 amide bonds. The van der Waals surface area contributed by atoms with E-state index in [0.29, 0.717) is 37.0 Å². The number of benzene rings is 2. The van der Waals surface area contributed by atoms with Crippen molar-refractivity contribution in [2.75, 3.05) is 30.9 Å². The summed E-state index contributed by atoms with van der Waals surface area (Å²) < 4.78 is 16.6. The molecule has 0 aromatic heterocycles. The first-order valence-corrected chi connectivity index (χ1v) is 6.95. The highest BCUT2D eigenvalue weighted by molar-refractivity contribution is 5.77. The third-order valence-corrected chi connectivity index (χ3v) is 3.14. The molecule has 0 saturated heterocycles. The van der Waals surface area contributed by atoms with E-state index in [1.165, 1.54) is 0 Å². The summed E-state index contributed by atoms with van der Waals surface area (Å²) >= 11 is 0. The maximum atomic E-state index is 6.06. The number of ether oxygens (including phenoxy) is 3. The molecule has 1 aliphatic heterocycles. The zero-order chi connectivity index (χ0) is 14.7. The molecular weight excluding hydrogens is 268 g/mol. The Morgan fingerprint density at radius 3 is 2.67 bits per heavy atom. The summed E-state index contributed by atoms with van der Waals surface area (Å²) in [4.78, 5) is 0. The van der Waals surface area contributed by atoms with Crippen molar-refractivity contribution in [3.05, 3.63) is 36.4 Å². The van der Waals surface area contributed by atoms with Crippen LogP contribution in [0, 0.1) is 0 Å². The van der Waals surface area contributed by atoms with Crippen molar-refractivity contribution in [1.82, 2.24) is 0 Å². The average molecular weight is 286 g/mol. The van der Waals surface area contributed by atoms with Crippen molar-refractivity contribution in [2.24, 2.45) is 0 Å². The largest absolute Gasteiger partial charge is 0.494 e. The summed E-state index contributed by atoms with van der Waals surface area (Å²) in [5.74, 6) is 2.21. The second-order valence-electron chi connectivity index (χ2n) is 4.67. The van der Waals surface area contributed by atoms with Gasteiger partial charge in [-0.15, -0.1) is 0 Å². The van der Waals surface area contributed by atoms with Gasteiger partial charge in [-0.05, 0) is 19.1 Å². The predicted octanol–water partition coefficient (Wildman–Crippen LogP) is 3.18. The van der Waals surface area contributed by atoms with Crippen LogP contribution in [0.2, 0.25) is 0 Å². The first-order chi connectivity index (χ1) is 10.3. The molecule has 5 nitrogen and oxygen atoms in total. The van der Waals surface area contributed by atoms with Crippen LogP contribution in [-0.4, -0.2) is 19.8 Å². The number of nitrogens with two attached hydrogens (primary N) is 1. The molecule has 110 valence electrons. The summed E-state index contributed by atoms with van der Waals surface area (Å²) in [6.07, 6.45) is 0. The molecule has 0 spiro atoms. The van der Waals surface area contributed by atoms with Crippen molar-refractivity contribution in [1.29, 1.82) is 0 Å². The number of hydrogen-bond donors (Lipinski definition) is 2. The van der Waals surface area contributed by atoms with Gasteiger partial charge in [-0.2, -0.15) is 0 Å². The van der Waals surface area contributed by atoms with Gasteiger partial charge in [-0.3, -0.25) is 0 Å². The Hall–Kier alpha value is -2.56. The van der Waals surface area contributed by atoms with Crippen LogP contribution in [0.4, 0.5) is 17.1 Å². The lowest BCUT2D eigenvalue weighted by molar-refractivity contribution is 0.172. The summed E-state index contributed by atoms with van der Waals surface area (Å²) in [6.45, 7) is 3.69. The molecule has 21 heavy (non-hydrogen) atoms. The van der Waals surface area contributed by atoms with Gasteiger partial charge < -0.3 is 25.3 Å². The fourth-order valence-corrected chi connectivity index (χ4v) is 2.20. The quantitative estimate of drug-likeness (QED) is 0.845. The lowest BCUT2D eigenvalue weighted by atomic mass is 10.2. The lowest BCUT2D eigenvalue weighted by Gasteiger charge is -2.20. The zero-order valence-corrected chi connectivity index (χ0v) is 11.9. The molecule has 0 aliphatic carbocycles. The molecule has 0 atom stereocenters. The second-order valence-corrected chi connectivity index (χ2v) is 4.67. The molecular formula is C16H18N2O3. The molecule has 1 heterocycles. The van der Waals surface area contributed by atoms with E-state index >= 15 is 0 Å². The third kappa shape index (κ3) is 2.97. The Bertz CT molecular complexity index is 643. The maximum absolute atomic E-state index is 6.06. The Morgan fingerprint density at radius 2 is 1.90 bits per heavy atom. The molecule has 0 radical (unpaired) electrons. The monoisotopic (exact) mass is 286 g/mol. The first-order valence-electron chi connectivity index (χ1n) is 6.95. The summed E-state index contributed by atoms with van der Waals surface area (Å²) in [5, 5.41) is 3.28. The SMILES string of the molecule is CCOc1cccc(Nc2cc3c(cc2N)OCCO3)c1. The highest BCUT2D eigenvalue weighted by Gasteiger charge is 2.14. The molecule has 1 aliphatic rings. The van der Waals surface area contributed by atoms with Crippen LogP contribution in [0.15, 0.2) is 36.4 Å². The number of hydrogen-bond acceptors (Lipinski definition) is 5. The van der Waals surface area contributed by atoms with Gasteiger partial charge in [0.25, 0.3) is 0 Å². The molecule has 0 bridgehead atoms. The van der Waals surface area contributed by atoms with E-state index in [9.17, 15) is 0 Å². The molecule has 0 unspecified atom stereocenters. The third-order valence-electron chi connectivity index (χ3n) is 3.14. The van der Waals surface area contributed by atoms with E-state index < -0.39 is 0 Å². The van der Waals surface area contributed by atoms with Crippen molar-refractivity contribution < 1.29 is 14.2 Å². The van der Waals surface area contributed by atoms with Gasteiger partial charge in [-0.25, -0.2) is 0 Å². The van der Waals surface area contributed by atoms with Crippen LogP contribution >= 0.6 is 0 Å². The van der Waals surface area contributed by atoms with Gasteiger partial charge in [0.2, 0.25) is 0 Å². The van der Waals surface area contributed by atoms with E-state index in [2.05, 4.69) is 5.32 Å². The van der Waals surface area contributed by atoms with E-state index in [1.54, 1.807) is 6.07 Å². The average Bonchev–Trinajstić information content (AvgIpc) is 2.49. The van der Waals surface area contributed by atoms with E-state index in [0.717, 1.165) is 17.1 Å². The van der Waals surface area contributed by atoms with Crippen LogP contribution in [0.1, 0.15) is 6.92 Å². The topological polar surface area (TPSA) is 65.7 Å². The van der Waals surface area contributed by atoms with Gasteiger partial charge >= 0.3 is 0 Å². The van der Waals surface area contributed by atoms with Crippen molar-refractivity contribution in [3.63, 3.8) is 0 Å². The Balaban J connectivity index is 1.85. The van der Waals surface area contributed by atoms with Gasteiger partial charge in [0.15, 0.2) is 11.5 Å². The number of nitrogens with one attached hydrogen (secondary N) is 1. The van der Waals surface area contributed by atoms with Crippen LogP contribution in [0.5, 0.6) is 17.2 Å². The molecule has 3 N–H and O–H groups in total. The molecule has 0 saturated carbocycles. The molecule has 2 aromatic rings. The predicted molar refractivity (Wildman–Crippen MR) is 82.7 cm³/mol. The fraction of sp³-hybridized carbons (Fsp3) is 0.250. The second kappa shape index (κ2) is 5.83. The van der Waals surface area contributed by atoms with E-state index in [1.807, 2.05) is 37.3 Å². The van der Waals surface area contributed by atoms with Gasteiger partial charge in [0, 0.05) is 23.9 Å². The van der Waals surface area contributed by atoms with Gasteiger partial charge in [0.1, 0.15) is 19.0 Å². The van der Waals surface area contributed by atoms with Crippen LogP contribution in [0.25, 0.3) is 0 Å². The van der Waals surface area contributed by atoms with Crippen molar-refractivity contribution in [3.8, 4) is 17.2 Å². The summed E-state index contributed by atoms with van der Waals surface area (Å²) in [7, 11) is 0. The van der Waals surface area contributed by atoms with Crippen LogP contribution in [-0.2, 0) is 0 Å². The first kappa shape index (κ1) is 13.4. The highest BCUT2D eigenvalue weighted by atomic mass is 16.6. The maximum Gasteiger partial charge on any atom is 0.163 e. The van der Waals surface area contributed by atoms with Crippen molar-refractivity contribution in [2.45, 2.75) is 6.92 Å².